The van der Waals surface area contributed by atoms with Crippen LogP contribution in [-0.4, -0.2) is 41.5 Å². The number of carbonyl (C=O) groups is 1. The molecule has 1 aliphatic rings. The molecule has 1 saturated heterocycles. The number of benzene rings is 1. The van der Waals surface area contributed by atoms with Crippen LogP contribution in [0, 0.1) is 16.0 Å². The lowest BCUT2D eigenvalue weighted by molar-refractivity contribution is -0.385. The van der Waals surface area contributed by atoms with Crippen LogP contribution in [0.3, 0.4) is 0 Å². The van der Waals surface area contributed by atoms with Gasteiger partial charge in [0.2, 0.25) is 5.91 Å². The van der Waals surface area contributed by atoms with Crippen molar-refractivity contribution in [2.24, 2.45) is 11.7 Å². The molecule has 0 aliphatic carbocycles. The molecule has 24 heavy (non-hydrogen) atoms. The van der Waals surface area contributed by atoms with Crippen LogP contribution in [0.1, 0.15) is 19.8 Å². The zero-order valence-electron chi connectivity index (χ0n) is 13.3. The predicted molar refractivity (Wildman–Crippen MR) is 93.8 cm³/mol. The summed E-state index contributed by atoms with van der Waals surface area (Å²) in [6.07, 6.45) is 1.08. The minimum absolute atomic E-state index is 0. The number of likely N-dealkylation sites (tertiary alicyclic amines) is 1. The number of hydrogen-bond donors (Lipinski definition) is 1. The molecule has 1 aromatic carbocycles. The number of rotatable bonds is 6. The van der Waals surface area contributed by atoms with Crippen molar-refractivity contribution in [2.45, 2.75) is 25.8 Å². The van der Waals surface area contributed by atoms with E-state index in [0.29, 0.717) is 19.0 Å². The van der Waals surface area contributed by atoms with Gasteiger partial charge in [-0.25, -0.2) is 0 Å². The lowest BCUT2D eigenvalue weighted by Gasteiger charge is -2.21. The van der Waals surface area contributed by atoms with Crippen LogP contribution in [0.25, 0.3) is 0 Å². The molecule has 1 heterocycles. The molecular weight excluding hydrogens is 357 g/mol. The monoisotopic (exact) mass is 377 g/mol. The molecule has 2 rings (SSSR count). The van der Waals surface area contributed by atoms with Gasteiger partial charge in [0.1, 0.15) is 0 Å². The van der Waals surface area contributed by atoms with Crippen LogP contribution >= 0.6 is 24.0 Å². The average molecular weight is 378 g/mol. The topological polar surface area (TPSA) is 98.7 Å². The molecule has 2 atom stereocenters. The van der Waals surface area contributed by atoms with Crippen molar-refractivity contribution in [1.82, 2.24) is 4.90 Å². The Morgan fingerprint density at radius 1 is 1.54 bits per heavy atom. The van der Waals surface area contributed by atoms with Crippen molar-refractivity contribution < 1.29 is 14.5 Å². The van der Waals surface area contributed by atoms with Gasteiger partial charge in [-0.05, 0) is 37.9 Å². The van der Waals surface area contributed by atoms with E-state index in [1.807, 2.05) is 6.92 Å². The van der Waals surface area contributed by atoms with Gasteiger partial charge in [-0.15, -0.1) is 12.4 Å². The quantitative estimate of drug-likeness (QED) is 0.606. The molecule has 134 valence electrons. The van der Waals surface area contributed by atoms with Gasteiger partial charge >= 0.3 is 5.69 Å². The Bertz CT molecular complexity index is 600. The average Bonchev–Trinajstić information content (AvgIpc) is 2.89. The Morgan fingerprint density at radius 2 is 2.25 bits per heavy atom. The number of nitrogens with zero attached hydrogens (tertiary/aromatic N) is 2. The van der Waals surface area contributed by atoms with E-state index in [0.717, 1.165) is 6.42 Å². The van der Waals surface area contributed by atoms with Gasteiger partial charge in [0.15, 0.2) is 5.75 Å². The van der Waals surface area contributed by atoms with Crippen molar-refractivity contribution in [3.8, 4) is 5.75 Å². The van der Waals surface area contributed by atoms with E-state index in [-0.39, 0.29) is 53.8 Å². The minimum atomic E-state index is -0.558. The molecular formula is C15H21Cl2N3O4. The molecule has 7 nitrogen and oxygen atoms in total. The van der Waals surface area contributed by atoms with E-state index < -0.39 is 4.92 Å². The van der Waals surface area contributed by atoms with E-state index in [4.69, 9.17) is 22.1 Å². The second-order valence-corrected chi connectivity index (χ2v) is 6.14. The maximum atomic E-state index is 12.2. The van der Waals surface area contributed by atoms with E-state index in [1.165, 1.54) is 18.2 Å². The fourth-order valence-corrected chi connectivity index (χ4v) is 2.97. The van der Waals surface area contributed by atoms with E-state index in [9.17, 15) is 14.9 Å². The van der Waals surface area contributed by atoms with E-state index in [1.54, 1.807) is 4.90 Å². The largest absolute Gasteiger partial charge is 0.486 e. The normalized spacial score (nSPS) is 19.7. The molecule has 0 radical (unpaired) electrons. The number of amides is 1. The molecule has 9 heteroatoms. The molecule has 0 bridgehead atoms. The number of halogens is 2. The molecule has 0 aromatic heterocycles. The highest BCUT2D eigenvalue weighted by molar-refractivity contribution is 6.30. The van der Waals surface area contributed by atoms with Crippen molar-refractivity contribution in [2.75, 3.05) is 19.7 Å². The predicted octanol–water partition coefficient (Wildman–Crippen LogP) is 2.63. The highest BCUT2D eigenvalue weighted by atomic mass is 35.5. The Morgan fingerprint density at radius 3 is 2.83 bits per heavy atom. The second kappa shape index (κ2) is 9.05. The third kappa shape index (κ3) is 4.96. The zero-order valence-corrected chi connectivity index (χ0v) is 14.9. The summed E-state index contributed by atoms with van der Waals surface area (Å²) < 4.78 is 5.40. The lowest BCUT2D eigenvalue weighted by atomic mass is 10.1. The molecule has 1 amide bonds. The molecule has 1 fully saturated rings. The van der Waals surface area contributed by atoms with Gasteiger partial charge in [-0.1, -0.05) is 11.6 Å². The smallest absolute Gasteiger partial charge is 0.312 e. The summed E-state index contributed by atoms with van der Waals surface area (Å²) >= 11 is 5.74. The first-order chi connectivity index (χ1) is 10.9. The molecule has 0 saturated carbocycles. The maximum Gasteiger partial charge on any atom is 0.312 e. The first-order valence-electron chi connectivity index (χ1n) is 7.48. The Labute approximate surface area is 151 Å². The molecule has 2 unspecified atom stereocenters. The number of nitrogens with two attached hydrogens (primary N) is 1. The summed E-state index contributed by atoms with van der Waals surface area (Å²) in [5, 5.41) is 11.2. The van der Waals surface area contributed by atoms with Crippen molar-refractivity contribution in [3.05, 3.63) is 33.3 Å². The Balaban J connectivity index is 0.00000288. The summed E-state index contributed by atoms with van der Waals surface area (Å²) in [5.41, 5.74) is 5.45. The van der Waals surface area contributed by atoms with Gasteiger partial charge in [0.25, 0.3) is 0 Å². The first-order valence-corrected chi connectivity index (χ1v) is 7.86. The number of ether oxygens (including phenoxy) is 1. The second-order valence-electron chi connectivity index (χ2n) is 5.70. The summed E-state index contributed by atoms with van der Waals surface area (Å²) in [6.45, 7) is 3.31. The maximum absolute atomic E-state index is 12.2. The summed E-state index contributed by atoms with van der Waals surface area (Å²) in [5.74, 6) is 0.429. The summed E-state index contributed by atoms with van der Waals surface area (Å²) in [6, 6.07) is 4.35. The third-order valence-corrected chi connectivity index (χ3v) is 4.24. The van der Waals surface area contributed by atoms with Crippen molar-refractivity contribution in [1.29, 1.82) is 0 Å². The Hall–Kier alpha value is -1.57. The van der Waals surface area contributed by atoms with Crippen LogP contribution < -0.4 is 10.5 Å². The van der Waals surface area contributed by atoms with Crippen LogP contribution in [0.4, 0.5) is 5.69 Å². The number of hydrogen-bond acceptors (Lipinski definition) is 5. The van der Waals surface area contributed by atoms with Gasteiger partial charge in [-0.2, -0.15) is 0 Å². The Kier molecular flexibility index (Phi) is 7.72. The van der Waals surface area contributed by atoms with Crippen molar-refractivity contribution in [3.63, 3.8) is 0 Å². The number of nitro benzene ring substituents is 1. The number of nitro groups is 1. The number of carbonyl (C=O) groups excluding carboxylic acids is 1. The van der Waals surface area contributed by atoms with Gasteiger partial charge < -0.3 is 15.4 Å². The molecule has 0 spiro atoms. The van der Waals surface area contributed by atoms with Crippen LogP contribution in [0.5, 0.6) is 5.75 Å². The van der Waals surface area contributed by atoms with Crippen molar-refractivity contribution >= 4 is 35.6 Å². The first kappa shape index (κ1) is 20.5. The molecule has 2 N–H and O–H groups in total. The zero-order chi connectivity index (χ0) is 17.0. The SMILES string of the molecule is CC1CC(CN)CN1C(=O)CCOc1ccc(Cl)cc1[N+](=O)[O-].Cl. The summed E-state index contributed by atoms with van der Waals surface area (Å²) in [7, 11) is 0. The standard InChI is InChI=1S/C15H20ClN3O4.ClH/c1-10-6-11(8-17)9-18(10)15(20)4-5-23-14-3-2-12(16)7-13(14)19(21)22;/h2-3,7,10-11H,4-6,8-9,17H2,1H3;1H. The molecule has 1 aliphatic heterocycles. The van der Waals surface area contributed by atoms with E-state index >= 15 is 0 Å². The molecule has 1 aromatic rings. The fraction of sp³-hybridized carbons (Fsp3) is 0.533. The highest BCUT2D eigenvalue weighted by Crippen LogP contribution is 2.30. The highest BCUT2D eigenvalue weighted by Gasteiger charge is 2.31. The fourth-order valence-electron chi connectivity index (χ4n) is 2.81. The minimum Gasteiger partial charge on any atom is -0.486 e. The van der Waals surface area contributed by atoms with Gasteiger partial charge in [0.05, 0.1) is 18.0 Å². The lowest BCUT2D eigenvalue weighted by Crippen LogP contribution is -2.35. The van der Waals surface area contributed by atoms with Crippen LogP contribution in [0.15, 0.2) is 18.2 Å². The summed E-state index contributed by atoms with van der Waals surface area (Å²) in [4.78, 5) is 24.4. The van der Waals surface area contributed by atoms with Gasteiger partial charge in [-0.3, -0.25) is 14.9 Å². The van der Waals surface area contributed by atoms with Gasteiger partial charge in [0, 0.05) is 23.7 Å². The van der Waals surface area contributed by atoms with Crippen LogP contribution in [0.2, 0.25) is 5.02 Å². The van der Waals surface area contributed by atoms with E-state index in [2.05, 4.69) is 0 Å². The van der Waals surface area contributed by atoms with Crippen LogP contribution in [-0.2, 0) is 4.79 Å². The third-order valence-electron chi connectivity index (χ3n) is 4.01.